The van der Waals surface area contributed by atoms with Crippen LogP contribution in [0.1, 0.15) is 6.42 Å². The van der Waals surface area contributed by atoms with Crippen molar-refractivity contribution in [3.8, 4) is 0 Å². The van der Waals surface area contributed by atoms with Crippen molar-refractivity contribution in [3.63, 3.8) is 0 Å². The number of rotatable bonds is 0. The molecule has 0 spiro atoms. The smallest absolute Gasteiger partial charge is 0.0909 e. The summed E-state index contributed by atoms with van der Waals surface area (Å²) in [6.45, 7) is 1.49. The summed E-state index contributed by atoms with van der Waals surface area (Å²) in [7, 11) is 0. The van der Waals surface area contributed by atoms with E-state index in [0.717, 1.165) is 13.0 Å². The summed E-state index contributed by atoms with van der Waals surface area (Å²) in [5, 5.41) is 12.7. The lowest BCUT2D eigenvalue weighted by atomic mass is 10.3. The Bertz CT molecular complexity index is 88.1. The fourth-order valence-corrected chi connectivity index (χ4v) is 0.557. The molecular weight excluding hydrogens is 90.1 g/mol. The van der Waals surface area contributed by atoms with Gasteiger partial charge in [-0.05, 0) is 6.08 Å². The van der Waals surface area contributed by atoms with Gasteiger partial charge >= 0.3 is 0 Å². The quantitative estimate of drug-likeness (QED) is 0.468. The van der Waals surface area contributed by atoms with Gasteiger partial charge in [-0.25, -0.2) is 5.32 Å². The van der Waals surface area contributed by atoms with Gasteiger partial charge in [0.05, 0.1) is 5.76 Å². The van der Waals surface area contributed by atoms with Gasteiger partial charge in [0.15, 0.2) is 0 Å². The van der Waals surface area contributed by atoms with E-state index in [-0.39, 0.29) is 0 Å². The zero-order chi connectivity index (χ0) is 5.11. The Balaban J connectivity index is 2.40. The van der Waals surface area contributed by atoms with E-state index in [1.165, 1.54) is 0 Å². The minimum Gasteiger partial charge on any atom is -0.513 e. The zero-order valence-electron chi connectivity index (χ0n) is 4.09. The predicted octanol–water partition coefficient (Wildman–Crippen LogP) is 0.436. The largest absolute Gasteiger partial charge is 0.513 e. The summed E-state index contributed by atoms with van der Waals surface area (Å²) in [6, 6.07) is 0. The van der Waals surface area contributed by atoms with Crippen molar-refractivity contribution in [2.24, 2.45) is 0 Å². The maximum Gasteiger partial charge on any atom is 0.0909 e. The molecule has 0 aromatic heterocycles. The van der Waals surface area contributed by atoms with Crippen LogP contribution >= 0.6 is 0 Å². The summed E-state index contributed by atoms with van der Waals surface area (Å²) >= 11 is 0. The van der Waals surface area contributed by atoms with E-state index in [1.807, 2.05) is 0 Å². The van der Waals surface area contributed by atoms with Crippen molar-refractivity contribution < 1.29 is 5.11 Å². The maximum atomic E-state index is 8.71. The van der Waals surface area contributed by atoms with E-state index in [1.54, 1.807) is 6.08 Å². The number of hydrogen-bond acceptors (Lipinski definition) is 1. The highest BCUT2D eigenvalue weighted by atomic mass is 16.3. The van der Waals surface area contributed by atoms with Crippen molar-refractivity contribution in [1.29, 1.82) is 0 Å². The van der Waals surface area contributed by atoms with Crippen LogP contribution in [0.5, 0.6) is 0 Å². The molecule has 0 unspecified atom stereocenters. The summed E-state index contributed by atoms with van der Waals surface area (Å²) in [6.07, 6.45) is 2.48. The van der Waals surface area contributed by atoms with Crippen LogP contribution in [-0.2, 0) is 0 Å². The van der Waals surface area contributed by atoms with Crippen molar-refractivity contribution in [3.05, 3.63) is 11.8 Å². The van der Waals surface area contributed by atoms with E-state index in [2.05, 4.69) is 5.32 Å². The van der Waals surface area contributed by atoms with Gasteiger partial charge in [-0.15, -0.1) is 0 Å². The van der Waals surface area contributed by atoms with Gasteiger partial charge in [0.25, 0.3) is 0 Å². The summed E-state index contributed by atoms with van der Waals surface area (Å²) in [5.41, 5.74) is 0. The lowest BCUT2D eigenvalue weighted by molar-refractivity contribution is 0.372. The topological polar surface area (TPSA) is 34.3 Å². The second-order valence-corrected chi connectivity index (χ2v) is 1.58. The van der Waals surface area contributed by atoms with Crippen LogP contribution in [0.3, 0.4) is 0 Å². The standard InChI is InChI=1S/C5H8NO/c7-5-1-3-6-4-2-5/h1,7H,2-4H2. The predicted molar refractivity (Wildman–Crippen MR) is 27.2 cm³/mol. The third-order valence-electron chi connectivity index (χ3n) is 0.982. The van der Waals surface area contributed by atoms with E-state index in [4.69, 9.17) is 5.11 Å². The van der Waals surface area contributed by atoms with Crippen LogP contribution in [0.15, 0.2) is 11.8 Å². The van der Waals surface area contributed by atoms with Gasteiger partial charge in [0, 0.05) is 19.5 Å². The molecule has 0 aromatic rings. The highest BCUT2D eigenvalue weighted by Crippen LogP contribution is 1.97. The van der Waals surface area contributed by atoms with Gasteiger partial charge in [0.1, 0.15) is 0 Å². The second-order valence-electron chi connectivity index (χ2n) is 1.58. The highest BCUT2D eigenvalue weighted by molar-refractivity contribution is 4.96. The van der Waals surface area contributed by atoms with E-state index in [9.17, 15) is 0 Å². The van der Waals surface area contributed by atoms with Crippen LogP contribution in [0, 0.1) is 0 Å². The minimum absolute atomic E-state index is 0.495. The van der Waals surface area contributed by atoms with Gasteiger partial charge in [-0.2, -0.15) is 0 Å². The van der Waals surface area contributed by atoms with Crippen LogP contribution < -0.4 is 5.32 Å². The number of aliphatic hydroxyl groups is 1. The van der Waals surface area contributed by atoms with Gasteiger partial charge in [-0.3, -0.25) is 0 Å². The van der Waals surface area contributed by atoms with E-state index < -0.39 is 0 Å². The Morgan fingerprint density at radius 3 is 2.86 bits per heavy atom. The second kappa shape index (κ2) is 1.98. The average Bonchev–Trinajstić information content (AvgIpc) is 1.69. The molecular formula is C5H8NO. The SMILES string of the molecule is OC1=CC[N]CC1. The van der Waals surface area contributed by atoms with Crippen molar-refractivity contribution in [1.82, 2.24) is 5.32 Å². The molecule has 1 aliphatic heterocycles. The first-order chi connectivity index (χ1) is 3.39. The molecule has 2 nitrogen and oxygen atoms in total. The van der Waals surface area contributed by atoms with E-state index >= 15 is 0 Å². The third-order valence-corrected chi connectivity index (χ3v) is 0.982. The van der Waals surface area contributed by atoms with Crippen LogP contribution in [-0.4, -0.2) is 18.2 Å². The molecule has 7 heavy (non-hydrogen) atoms. The molecule has 0 atom stereocenters. The number of nitrogens with zero attached hydrogens (tertiary/aromatic N) is 1. The maximum absolute atomic E-state index is 8.71. The van der Waals surface area contributed by atoms with Gasteiger partial charge < -0.3 is 5.11 Å². The first-order valence-corrected chi connectivity index (χ1v) is 2.41. The lowest BCUT2D eigenvalue weighted by Crippen LogP contribution is -2.12. The molecule has 1 rings (SSSR count). The monoisotopic (exact) mass is 98.1 g/mol. The molecule has 1 radical (unpaired) electrons. The molecule has 1 aliphatic rings. The van der Waals surface area contributed by atoms with Crippen LogP contribution in [0.2, 0.25) is 0 Å². The summed E-state index contributed by atoms with van der Waals surface area (Å²) in [5.74, 6) is 0.495. The Kier molecular flexibility index (Phi) is 1.32. The third kappa shape index (κ3) is 1.20. The molecule has 0 bridgehead atoms. The fourth-order valence-electron chi connectivity index (χ4n) is 0.557. The molecule has 0 saturated heterocycles. The molecule has 0 saturated carbocycles. The van der Waals surface area contributed by atoms with E-state index in [0.29, 0.717) is 12.3 Å². The van der Waals surface area contributed by atoms with Crippen molar-refractivity contribution >= 4 is 0 Å². The summed E-state index contributed by atoms with van der Waals surface area (Å²) < 4.78 is 0. The zero-order valence-corrected chi connectivity index (χ0v) is 4.09. The Morgan fingerprint density at radius 2 is 2.57 bits per heavy atom. The minimum atomic E-state index is 0.495. The normalized spacial score (nSPS) is 21.4. The lowest BCUT2D eigenvalue weighted by Gasteiger charge is -2.04. The fraction of sp³-hybridized carbons (Fsp3) is 0.600. The molecule has 2 heteroatoms. The van der Waals surface area contributed by atoms with Crippen LogP contribution in [0.4, 0.5) is 0 Å². The van der Waals surface area contributed by atoms with Crippen molar-refractivity contribution in [2.75, 3.05) is 13.1 Å². The molecule has 0 aliphatic carbocycles. The van der Waals surface area contributed by atoms with Gasteiger partial charge in [0.2, 0.25) is 0 Å². The first kappa shape index (κ1) is 4.65. The Labute approximate surface area is 42.8 Å². The van der Waals surface area contributed by atoms with Crippen LogP contribution in [0.25, 0.3) is 0 Å². The number of aliphatic hydroxyl groups excluding tert-OH is 1. The Hall–Kier alpha value is -0.500. The molecule has 1 N–H and O–H groups in total. The summed E-state index contributed by atoms with van der Waals surface area (Å²) in [4.78, 5) is 0. The van der Waals surface area contributed by atoms with Gasteiger partial charge in [-0.1, -0.05) is 0 Å². The Morgan fingerprint density at radius 1 is 1.71 bits per heavy atom. The molecule has 0 fully saturated rings. The molecule has 0 amide bonds. The highest BCUT2D eigenvalue weighted by Gasteiger charge is 1.97. The molecule has 1 heterocycles. The number of hydrogen-bond donors (Lipinski definition) is 1. The first-order valence-electron chi connectivity index (χ1n) is 2.41. The van der Waals surface area contributed by atoms with Crippen molar-refractivity contribution in [2.45, 2.75) is 6.42 Å². The molecule has 39 valence electrons. The average molecular weight is 98.1 g/mol. The molecule has 0 aromatic carbocycles.